The van der Waals surface area contributed by atoms with Crippen LogP contribution in [0.25, 0.3) is 10.6 Å². The summed E-state index contributed by atoms with van der Waals surface area (Å²) >= 11 is 6.33. The Bertz CT molecular complexity index is 835. The molecule has 1 fully saturated rings. The minimum absolute atomic E-state index is 0.194. The van der Waals surface area contributed by atoms with Gasteiger partial charge in [0, 0.05) is 22.4 Å². The van der Waals surface area contributed by atoms with Crippen molar-refractivity contribution in [1.29, 1.82) is 0 Å². The molecule has 0 aliphatic carbocycles. The molecule has 0 spiro atoms. The second-order valence-electron chi connectivity index (χ2n) is 5.49. The largest absolute Gasteiger partial charge is 0.448 e. The number of benzene rings is 1. The van der Waals surface area contributed by atoms with Crippen LogP contribution in [0.2, 0.25) is 5.02 Å². The van der Waals surface area contributed by atoms with Gasteiger partial charge < -0.3 is 4.74 Å². The summed E-state index contributed by atoms with van der Waals surface area (Å²) in [5.74, 6) is -1.57. The van der Waals surface area contributed by atoms with Gasteiger partial charge in [-0.3, -0.25) is 4.79 Å². The Balaban J connectivity index is 1.81. The number of nitrogens with zero attached hydrogens (tertiary/aromatic N) is 1. The van der Waals surface area contributed by atoms with Crippen LogP contribution in [0.15, 0.2) is 29.6 Å². The molecule has 1 unspecified atom stereocenters. The van der Waals surface area contributed by atoms with Gasteiger partial charge in [0.25, 0.3) is 0 Å². The molecule has 0 saturated carbocycles. The zero-order valence-electron chi connectivity index (χ0n) is 12.9. The van der Waals surface area contributed by atoms with Gasteiger partial charge >= 0.3 is 23.3 Å². The van der Waals surface area contributed by atoms with Gasteiger partial charge in [0.15, 0.2) is 0 Å². The van der Waals surface area contributed by atoms with E-state index in [1.54, 1.807) is 24.3 Å². The lowest BCUT2D eigenvalue weighted by Crippen LogP contribution is -2.54. The van der Waals surface area contributed by atoms with Crippen molar-refractivity contribution >= 4 is 40.7 Å². The summed E-state index contributed by atoms with van der Waals surface area (Å²) in [7, 11) is 0. The third kappa shape index (κ3) is 3.77. The van der Waals surface area contributed by atoms with Crippen molar-refractivity contribution < 1.29 is 35.9 Å². The highest BCUT2D eigenvalue weighted by Gasteiger charge is 2.78. The third-order valence-corrected chi connectivity index (χ3v) is 6.31. The highest BCUT2D eigenvalue weighted by molar-refractivity contribution is 8.02. The minimum atomic E-state index is -5.79. The Kier molecular flexibility index (Phi) is 5.15. The molecule has 3 rings (SSSR count). The molecule has 1 aliphatic heterocycles. The Morgan fingerprint density at radius 3 is 2.22 bits per heavy atom. The molecule has 1 saturated heterocycles. The van der Waals surface area contributed by atoms with Gasteiger partial charge in [-0.2, -0.15) is 26.3 Å². The van der Waals surface area contributed by atoms with Gasteiger partial charge in [-0.15, -0.1) is 11.3 Å². The fourth-order valence-electron chi connectivity index (χ4n) is 2.33. The van der Waals surface area contributed by atoms with Crippen LogP contribution >= 0.6 is 34.7 Å². The molecule has 27 heavy (non-hydrogen) atoms. The lowest BCUT2D eigenvalue weighted by atomic mass is 10.2. The first-order valence-electron chi connectivity index (χ1n) is 7.17. The quantitative estimate of drug-likeness (QED) is 0.461. The van der Waals surface area contributed by atoms with Gasteiger partial charge in [0.2, 0.25) is 0 Å². The lowest BCUT2D eigenvalue weighted by Gasteiger charge is -2.30. The number of carbonyl (C=O) groups excluding carboxylic acids is 1. The maximum atomic E-state index is 13.0. The molecule has 2 aromatic rings. The predicted molar refractivity (Wildman–Crippen MR) is 88.6 cm³/mol. The molecular formula is C15H8ClF6NO2S2. The molecule has 1 aromatic carbocycles. The first-order valence-corrected chi connectivity index (χ1v) is 9.31. The van der Waals surface area contributed by atoms with E-state index in [1.165, 1.54) is 5.38 Å². The van der Waals surface area contributed by atoms with E-state index in [9.17, 15) is 31.1 Å². The predicted octanol–water partition coefficient (Wildman–Crippen LogP) is 5.49. The highest BCUT2D eigenvalue weighted by atomic mass is 35.5. The number of hydrogen-bond acceptors (Lipinski definition) is 5. The summed E-state index contributed by atoms with van der Waals surface area (Å²) in [6.07, 6.45) is -12.0. The van der Waals surface area contributed by atoms with E-state index in [0.29, 0.717) is 15.6 Å². The van der Waals surface area contributed by atoms with E-state index in [2.05, 4.69) is 9.72 Å². The SMILES string of the molecule is O=C1OC(C(F)(F)F)(C(F)(F)F)SC1Cc1csc(-c2ccc(Cl)cc2)n1. The highest BCUT2D eigenvalue weighted by Crippen LogP contribution is 2.58. The van der Waals surface area contributed by atoms with Crippen molar-refractivity contribution in [2.24, 2.45) is 0 Å². The molecular weight excluding hydrogens is 440 g/mol. The monoisotopic (exact) mass is 447 g/mol. The first kappa shape index (κ1) is 20.3. The van der Waals surface area contributed by atoms with Crippen molar-refractivity contribution in [2.75, 3.05) is 0 Å². The van der Waals surface area contributed by atoms with Crippen LogP contribution in [0.4, 0.5) is 26.3 Å². The molecule has 3 nitrogen and oxygen atoms in total. The standard InChI is InChI=1S/C15H8ClF6NO2S2/c16-8-3-1-7(2-4-8)11-23-9(6-26-11)5-10-12(24)25-13(27-10,14(17,18)19)15(20,21)22/h1-4,6,10H,5H2. The van der Waals surface area contributed by atoms with Crippen LogP contribution < -0.4 is 0 Å². The number of rotatable bonds is 3. The van der Waals surface area contributed by atoms with E-state index in [1.807, 2.05) is 0 Å². The number of cyclic esters (lactones) is 1. The maximum absolute atomic E-state index is 13.0. The molecule has 0 bridgehead atoms. The van der Waals surface area contributed by atoms with Crippen LogP contribution in [-0.4, -0.2) is 33.5 Å². The zero-order chi connectivity index (χ0) is 20.0. The van der Waals surface area contributed by atoms with E-state index in [-0.39, 0.29) is 5.69 Å². The second kappa shape index (κ2) is 6.85. The molecule has 0 amide bonds. The lowest BCUT2D eigenvalue weighted by molar-refractivity contribution is -0.327. The van der Waals surface area contributed by atoms with Gasteiger partial charge in [0.1, 0.15) is 10.3 Å². The molecule has 0 radical (unpaired) electrons. The van der Waals surface area contributed by atoms with Crippen LogP contribution in [-0.2, 0) is 16.0 Å². The second-order valence-corrected chi connectivity index (χ2v) is 8.17. The van der Waals surface area contributed by atoms with Crippen molar-refractivity contribution in [3.63, 3.8) is 0 Å². The number of esters is 1. The van der Waals surface area contributed by atoms with Gasteiger partial charge in [-0.05, 0) is 12.1 Å². The van der Waals surface area contributed by atoms with Crippen molar-refractivity contribution in [3.8, 4) is 10.6 Å². The van der Waals surface area contributed by atoms with Crippen LogP contribution in [0.3, 0.4) is 0 Å². The van der Waals surface area contributed by atoms with E-state index >= 15 is 0 Å². The number of hydrogen-bond donors (Lipinski definition) is 0. The smallest absolute Gasteiger partial charge is 0.428 e. The summed E-state index contributed by atoms with van der Waals surface area (Å²) in [5.41, 5.74) is 0.872. The molecule has 0 N–H and O–H groups in total. The van der Waals surface area contributed by atoms with Gasteiger partial charge in [-0.25, -0.2) is 4.98 Å². The summed E-state index contributed by atoms with van der Waals surface area (Å²) in [6.45, 7) is 0. The van der Waals surface area contributed by atoms with Crippen molar-refractivity contribution in [1.82, 2.24) is 4.98 Å². The van der Waals surface area contributed by atoms with Crippen molar-refractivity contribution in [3.05, 3.63) is 40.4 Å². The van der Waals surface area contributed by atoms with Crippen molar-refractivity contribution in [2.45, 2.75) is 29.0 Å². The molecule has 146 valence electrons. The van der Waals surface area contributed by atoms with Crippen LogP contribution in [0.1, 0.15) is 5.69 Å². The zero-order valence-corrected chi connectivity index (χ0v) is 15.3. The molecule has 12 heteroatoms. The first-order chi connectivity index (χ1) is 12.4. The average Bonchev–Trinajstić information content (AvgIpc) is 3.13. The van der Waals surface area contributed by atoms with Crippen LogP contribution in [0.5, 0.6) is 0 Å². The topological polar surface area (TPSA) is 39.2 Å². The average molecular weight is 448 g/mol. The Morgan fingerprint density at radius 2 is 1.70 bits per heavy atom. The number of ether oxygens (including phenoxy) is 1. The minimum Gasteiger partial charge on any atom is -0.428 e. The molecule has 1 atom stereocenters. The van der Waals surface area contributed by atoms with Gasteiger partial charge in [0.05, 0.1) is 5.69 Å². The number of carbonyl (C=O) groups is 1. The third-order valence-electron chi connectivity index (χ3n) is 3.60. The van der Waals surface area contributed by atoms with Gasteiger partial charge in [-0.1, -0.05) is 35.5 Å². The number of halogens is 7. The molecule has 1 aromatic heterocycles. The number of alkyl halides is 6. The summed E-state index contributed by atoms with van der Waals surface area (Å²) < 4.78 is 81.9. The summed E-state index contributed by atoms with van der Waals surface area (Å²) in [5, 5.41) is 0.791. The fourth-order valence-corrected chi connectivity index (χ4v) is 4.49. The molecule has 1 aliphatic rings. The Hall–Kier alpha value is -1.46. The number of thioether (sulfide) groups is 1. The maximum Gasteiger partial charge on any atom is 0.448 e. The Labute approximate surface area is 161 Å². The van der Waals surface area contributed by atoms with E-state index < -0.39 is 46.7 Å². The molecule has 2 heterocycles. The summed E-state index contributed by atoms with van der Waals surface area (Å²) in [4.78, 5) is 11.3. The van der Waals surface area contributed by atoms with Crippen LogP contribution in [0, 0.1) is 0 Å². The Morgan fingerprint density at radius 1 is 1.11 bits per heavy atom. The number of aromatic nitrogens is 1. The normalized spacial score (nSPS) is 20.0. The van der Waals surface area contributed by atoms with E-state index in [4.69, 9.17) is 11.6 Å². The number of thiazole rings is 1. The summed E-state index contributed by atoms with van der Waals surface area (Å²) in [6, 6.07) is 6.57. The van der Waals surface area contributed by atoms with E-state index in [0.717, 1.165) is 11.3 Å². The fraction of sp³-hybridized carbons (Fsp3) is 0.333.